The summed E-state index contributed by atoms with van der Waals surface area (Å²) < 4.78 is 0. The lowest BCUT2D eigenvalue weighted by Gasteiger charge is -2.09. The number of hydrogen-bond donors (Lipinski definition) is 1. The maximum absolute atomic E-state index is 11.8. The molecule has 0 spiro atoms. The fourth-order valence-corrected chi connectivity index (χ4v) is 1.46. The molecular formula is C12H14O3. The maximum atomic E-state index is 11.8. The van der Waals surface area contributed by atoms with Crippen LogP contribution in [0.4, 0.5) is 0 Å². The molecule has 0 aliphatic carbocycles. The average Bonchev–Trinajstić information content (AvgIpc) is 2.26. The van der Waals surface area contributed by atoms with Gasteiger partial charge in [0, 0.05) is 5.56 Å². The van der Waals surface area contributed by atoms with E-state index in [-0.39, 0.29) is 5.78 Å². The van der Waals surface area contributed by atoms with Gasteiger partial charge < -0.3 is 5.11 Å². The minimum Gasteiger partial charge on any atom is -0.481 e. The maximum Gasteiger partial charge on any atom is 0.314 e. The summed E-state index contributed by atoms with van der Waals surface area (Å²) in [5.41, 5.74) is 0.471. The Morgan fingerprint density at radius 3 is 2.33 bits per heavy atom. The van der Waals surface area contributed by atoms with Crippen molar-refractivity contribution in [2.75, 3.05) is 0 Å². The molecule has 3 heteroatoms. The van der Waals surface area contributed by atoms with Crippen LogP contribution in [0.3, 0.4) is 0 Å². The minimum atomic E-state index is -1.04. The van der Waals surface area contributed by atoms with Gasteiger partial charge in [0.1, 0.15) is 5.92 Å². The summed E-state index contributed by atoms with van der Waals surface area (Å²) in [5.74, 6) is -2.24. The number of carboxylic acid groups (broad SMARTS) is 1. The van der Waals surface area contributed by atoms with E-state index in [1.54, 1.807) is 30.3 Å². The molecule has 1 N–H and O–H groups in total. The van der Waals surface area contributed by atoms with Gasteiger partial charge in [-0.1, -0.05) is 43.7 Å². The van der Waals surface area contributed by atoms with Gasteiger partial charge in [0.2, 0.25) is 0 Å². The van der Waals surface area contributed by atoms with Crippen molar-refractivity contribution >= 4 is 11.8 Å². The van der Waals surface area contributed by atoms with Gasteiger partial charge in [-0.15, -0.1) is 0 Å². The topological polar surface area (TPSA) is 54.4 Å². The Hall–Kier alpha value is -1.64. The molecule has 0 radical (unpaired) electrons. The molecule has 0 fully saturated rings. The standard InChI is InChI=1S/C12H14O3/c1-2-6-10(12(14)15)11(13)9-7-4-3-5-8-9/h3-5,7-8,10H,2,6H2,1H3,(H,14,15). The normalized spacial score (nSPS) is 12.1. The van der Waals surface area contributed by atoms with Crippen LogP contribution in [0.25, 0.3) is 0 Å². The second kappa shape index (κ2) is 5.29. The fourth-order valence-electron chi connectivity index (χ4n) is 1.46. The third kappa shape index (κ3) is 2.91. The molecule has 1 unspecified atom stereocenters. The molecule has 1 atom stereocenters. The first-order chi connectivity index (χ1) is 7.16. The van der Waals surface area contributed by atoms with Crippen LogP contribution in [0.15, 0.2) is 30.3 Å². The lowest BCUT2D eigenvalue weighted by Crippen LogP contribution is -2.23. The number of carboxylic acids is 1. The highest BCUT2D eigenvalue weighted by Crippen LogP contribution is 2.14. The van der Waals surface area contributed by atoms with Gasteiger partial charge in [-0.25, -0.2) is 0 Å². The first kappa shape index (κ1) is 11.4. The van der Waals surface area contributed by atoms with Crippen molar-refractivity contribution in [3.63, 3.8) is 0 Å². The number of aliphatic carboxylic acids is 1. The lowest BCUT2D eigenvalue weighted by molar-refractivity contribution is -0.140. The number of benzene rings is 1. The molecule has 0 aliphatic rings. The van der Waals surface area contributed by atoms with Crippen LogP contribution < -0.4 is 0 Å². The molecule has 1 aromatic rings. The Labute approximate surface area is 88.7 Å². The molecule has 1 aromatic carbocycles. The summed E-state index contributed by atoms with van der Waals surface area (Å²) in [6.07, 6.45) is 1.08. The predicted molar refractivity (Wildman–Crippen MR) is 56.8 cm³/mol. The van der Waals surface area contributed by atoms with E-state index in [4.69, 9.17) is 5.11 Å². The van der Waals surface area contributed by atoms with Crippen molar-refractivity contribution in [2.24, 2.45) is 5.92 Å². The van der Waals surface area contributed by atoms with E-state index in [1.807, 2.05) is 6.92 Å². The van der Waals surface area contributed by atoms with Gasteiger partial charge in [0.25, 0.3) is 0 Å². The zero-order chi connectivity index (χ0) is 11.3. The van der Waals surface area contributed by atoms with Crippen molar-refractivity contribution < 1.29 is 14.7 Å². The Morgan fingerprint density at radius 2 is 1.87 bits per heavy atom. The third-order valence-electron chi connectivity index (χ3n) is 2.25. The number of hydrogen-bond acceptors (Lipinski definition) is 2. The summed E-state index contributed by atoms with van der Waals surface area (Å²) in [5, 5.41) is 8.92. The van der Waals surface area contributed by atoms with Gasteiger partial charge in [0.15, 0.2) is 5.78 Å². The highest BCUT2D eigenvalue weighted by molar-refractivity contribution is 6.08. The largest absolute Gasteiger partial charge is 0.481 e. The monoisotopic (exact) mass is 206 g/mol. The molecule has 0 saturated heterocycles. The molecular weight excluding hydrogens is 192 g/mol. The lowest BCUT2D eigenvalue weighted by atomic mass is 9.94. The minimum absolute atomic E-state index is 0.301. The van der Waals surface area contributed by atoms with Crippen LogP contribution in [0.2, 0.25) is 0 Å². The van der Waals surface area contributed by atoms with Gasteiger partial charge in [-0.05, 0) is 6.42 Å². The summed E-state index contributed by atoms with van der Waals surface area (Å²) in [6.45, 7) is 1.87. The number of carbonyl (C=O) groups is 2. The number of carbonyl (C=O) groups excluding carboxylic acids is 1. The van der Waals surface area contributed by atoms with Crippen molar-refractivity contribution in [3.8, 4) is 0 Å². The van der Waals surface area contributed by atoms with Crippen molar-refractivity contribution in [3.05, 3.63) is 35.9 Å². The number of Topliss-reactive ketones (excluding diaryl/α,β-unsaturated/α-hetero) is 1. The second-order valence-corrected chi connectivity index (χ2v) is 3.41. The predicted octanol–water partition coefficient (Wildman–Crippen LogP) is 2.37. The van der Waals surface area contributed by atoms with Crippen LogP contribution in [-0.2, 0) is 4.79 Å². The van der Waals surface area contributed by atoms with Crippen LogP contribution in [0.1, 0.15) is 30.1 Å². The second-order valence-electron chi connectivity index (χ2n) is 3.41. The molecule has 1 rings (SSSR count). The molecule has 0 bridgehead atoms. The van der Waals surface area contributed by atoms with Gasteiger partial charge in [-0.2, -0.15) is 0 Å². The van der Waals surface area contributed by atoms with E-state index in [9.17, 15) is 9.59 Å². The third-order valence-corrected chi connectivity index (χ3v) is 2.25. The average molecular weight is 206 g/mol. The number of rotatable bonds is 5. The fraction of sp³-hybridized carbons (Fsp3) is 0.333. The molecule has 15 heavy (non-hydrogen) atoms. The molecule has 80 valence electrons. The van der Waals surface area contributed by atoms with E-state index in [0.29, 0.717) is 18.4 Å². The van der Waals surface area contributed by atoms with Crippen LogP contribution in [0.5, 0.6) is 0 Å². The zero-order valence-corrected chi connectivity index (χ0v) is 8.64. The summed E-state index contributed by atoms with van der Waals surface area (Å²) >= 11 is 0. The van der Waals surface area contributed by atoms with E-state index in [1.165, 1.54) is 0 Å². The van der Waals surface area contributed by atoms with E-state index in [2.05, 4.69) is 0 Å². The first-order valence-corrected chi connectivity index (χ1v) is 4.99. The first-order valence-electron chi connectivity index (χ1n) is 4.99. The highest BCUT2D eigenvalue weighted by atomic mass is 16.4. The zero-order valence-electron chi connectivity index (χ0n) is 8.64. The van der Waals surface area contributed by atoms with Gasteiger partial charge in [-0.3, -0.25) is 9.59 Å². The molecule has 0 saturated carbocycles. The molecule has 0 heterocycles. The summed E-state index contributed by atoms with van der Waals surface area (Å²) in [7, 11) is 0. The summed E-state index contributed by atoms with van der Waals surface area (Å²) in [6, 6.07) is 8.56. The van der Waals surface area contributed by atoms with Crippen molar-refractivity contribution in [1.82, 2.24) is 0 Å². The SMILES string of the molecule is CCCC(C(=O)O)C(=O)c1ccccc1. The molecule has 3 nitrogen and oxygen atoms in total. The quantitative estimate of drug-likeness (QED) is 0.594. The van der Waals surface area contributed by atoms with Crippen molar-refractivity contribution in [1.29, 1.82) is 0 Å². The smallest absolute Gasteiger partial charge is 0.314 e. The van der Waals surface area contributed by atoms with Crippen LogP contribution in [0, 0.1) is 5.92 Å². The molecule has 0 aliphatic heterocycles. The van der Waals surface area contributed by atoms with E-state index in [0.717, 1.165) is 0 Å². The van der Waals surface area contributed by atoms with Crippen molar-refractivity contribution in [2.45, 2.75) is 19.8 Å². The molecule has 0 aromatic heterocycles. The number of ketones is 1. The Balaban J connectivity index is 2.86. The van der Waals surface area contributed by atoms with E-state index < -0.39 is 11.9 Å². The van der Waals surface area contributed by atoms with Gasteiger partial charge in [0.05, 0.1) is 0 Å². The Bertz CT molecular complexity index is 343. The summed E-state index contributed by atoms with van der Waals surface area (Å²) in [4.78, 5) is 22.7. The van der Waals surface area contributed by atoms with E-state index >= 15 is 0 Å². The van der Waals surface area contributed by atoms with Gasteiger partial charge >= 0.3 is 5.97 Å². The molecule has 0 amide bonds. The Kier molecular flexibility index (Phi) is 4.03. The van der Waals surface area contributed by atoms with Crippen LogP contribution in [-0.4, -0.2) is 16.9 Å². The van der Waals surface area contributed by atoms with Crippen LogP contribution >= 0.6 is 0 Å². The highest BCUT2D eigenvalue weighted by Gasteiger charge is 2.25. The Morgan fingerprint density at radius 1 is 1.27 bits per heavy atom.